The van der Waals surface area contributed by atoms with Crippen LogP contribution in [0.15, 0.2) is 23.7 Å². The first-order chi connectivity index (χ1) is 13.6. The fraction of sp³-hybridized carbons (Fsp3) is 0.500. The highest BCUT2D eigenvalue weighted by molar-refractivity contribution is 7.12. The van der Waals surface area contributed by atoms with Gasteiger partial charge in [0.15, 0.2) is 16.4 Å². The van der Waals surface area contributed by atoms with Gasteiger partial charge in [0.1, 0.15) is 5.75 Å². The number of hydrogen-bond donors (Lipinski definition) is 2. The number of rotatable bonds is 6. The van der Waals surface area contributed by atoms with Gasteiger partial charge in [-0.2, -0.15) is 0 Å². The molecule has 8 heteroatoms. The molecule has 1 atom stereocenters. The average molecular weight is 407 g/mol. The van der Waals surface area contributed by atoms with Gasteiger partial charge in [0, 0.05) is 14.0 Å². The van der Waals surface area contributed by atoms with Gasteiger partial charge >= 0.3 is 0 Å². The van der Waals surface area contributed by atoms with E-state index in [1.54, 1.807) is 23.7 Å². The minimum absolute atomic E-state index is 0. The number of nitrogens with one attached hydrogen (secondary N) is 1. The van der Waals surface area contributed by atoms with E-state index in [0.29, 0.717) is 46.4 Å². The molecule has 1 aliphatic carbocycles. The predicted octanol–water partition coefficient (Wildman–Crippen LogP) is 3.83. The van der Waals surface area contributed by atoms with E-state index in [0.717, 1.165) is 25.7 Å². The monoisotopic (exact) mass is 406 g/mol. The van der Waals surface area contributed by atoms with Crippen molar-refractivity contribution >= 4 is 17.2 Å². The summed E-state index contributed by atoms with van der Waals surface area (Å²) >= 11 is 1.26. The summed E-state index contributed by atoms with van der Waals surface area (Å²) in [5, 5.41) is 12.7. The van der Waals surface area contributed by atoms with Gasteiger partial charge < -0.3 is 24.6 Å². The number of aliphatic hydroxyl groups excluding tert-OH is 1. The molecule has 0 spiro atoms. The second-order valence-corrected chi connectivity index (χ2v) is 8.19. The van der Waals surface area contributed by atoms with Crippen LogP contribution in [0.25, 0.3) is 0 Å². The van der Waals surface area contributed by atoms with E-state index >= 15 is 0 Å². The van der Waals surface area contributed by atoms with E-state index < -0.39 is 0 Å². The van der Waals surface area contributed by atoms with Crippen molar-refractivity contribution in [3.05, 3.63) is 28.6 Å². The summed E-state index contributed by atoms with van der Waals surface area (Å²) in [6, 6.07) is 5.26. The molecule has 1 unspecified atom stereocenters. The normalized spacial score (nSPS) is 21.9. The maximum absolute atomic E-state index is 12.6. The molecule has 1 fully saturated rings. The highest BCUT2D eigenvalue weighted by atomic mass is 32.1. The topological polar surface area (TPSA) is 89.9 Å². The van der Waals surface area contributed by atoms with E-state index in [1.807, 2.05) is 6.92 Å². The molecule has 1 amide bonds. The van der Waals surface area contributed by atoms with Crippen molar-refractivity contribution in [3.8, 4) is 23.1 Å². The molecule has 0 saturated heterocycles. The van der Waals surface area contributed by atoms with Crippen molar-refractivity contribution in [1.29, 1.82) is 0 Å². The summed E-state index contributed by atoms with van der Waals surface area (Å²) in [4.78, 5) is 17.3. The molecule has 0 radical (unpaired) electrons. The molecule has 2 aromatic rings. The maximum atomic E-state index is 12.6. The average Bonchev–Trinajstić information content (AvgIpc) is 3.35. The van der Waals surface area contributed by atoms with Crippen molar-refractivity contribution in [2.75, 3.05) is 13.3 Å². The van der Waals surface area contributed by atoms with Gasteiger partial charge in [0.25, 0.3) is 5.91 Å². The lowest BCUT2D eigenvalue weighted by molar-refractivity contribution is 0.0840. The van der Waals surface area contributed by atoms with E-state index in [-0.39, 0.29) is 20.2 Å². The standard InChI is InChI=1S/C20H24N2O5S.H2/c1-12(23)14-4-2-13(3-5-14)9-21-19(24)18-20(22-10-28-18)27-15-6-7-16-17(8-15)26-11-25-16;/h6-8,10,12-14,23H,2-5,9,11H2,1H3,(H,21,24);1H. The first-order valence-corrected chi connectivity index (χ1v) is 10.5. The summed E-state index contributed by atoms with van der Waals surface area (Å²) in [6.07, 6.45) is 3.83. The molecule has 1 aromatic carbocycles. The Hall–Kier alpha value is -2.32. The van der Waals surface area contributed by atoms with Crippen molar-refractivity contribution in [2.24, 2.45) is 11.8 Å². The van der Waals surface area contributed by atoms with Crippen LogP contribution >= 0.6 is 11.3 Å². The van der Waals surface area contributed by atoms with E-state index in [2.05, 4.69) is 10.3 Å². The number of hydrogen-bond acceptors (Lipinski definition) is 7. The molecule has 2 heterocycles. The highest BCUT2D eigenvalue weighted by Crippen LogP contribution is 2.37. The van der Waals surface area contributed by atoms with E-state index in [4.69, 9.17) is 14.2 Å². The molecular formula is C20H26N2O5S. The van der Waals surface area contributed by atoms with Crippen LogP contribution in [0.2, 0.25) is 0 Å². The van der Waals surface area contributed by atoms with Gasteiger partial charge in [0.05, 0.1) is 11.6 Å². The number of benzene rings is 1. The summed E-state index contributed by atoms with van der Waals surface area (Å²) in [6.45, 7) is 2.69. The smallest absolute Gasteiger partial charge is 0.267 e. The third-order valence-electron chi connectivity index (χ3n) is 5.42. The predicted molar refractivity (Wildman–Crippen MR) is 106 cm³/mol. The highest BCUT2D eigenvalue weighted by Gasteiger charge is 2.25. The van der Waals surface area contributed by atoms with Gasteiger partial charge in [-0.15, -0.1) is 11.3 Å². The first-order valence-electron chi connectivity index (χ1n) is 9.57. The molecule has 0 bridgehead atoms. The number of thiazole rings is 1. The zero-order valence-corrected chi connectivity index (χ0v) is 16.5. The molecule has 4 rings (SSSR count). The van der Waals surface area contributed by atoms with Gasteiger partial charge in [-0.25, -0.2) is 4.98 Å². The molecular weight excluding hydrogens is 380 g/mol. The van der Waals surface area contributed by atoms with Crippen molar-refractivity contribution in [2.45, 2.75) is 38.7 Å². The minimum atomic E-state index is -0.247. The van der Waals surface area contributed by atoms with Crippen LogP contribution in [0.4, 0.5) is 0 Å². The number of aromatic nitrogens is 1. The lowest BCUT2D eigenvalue weighted by Gasteiger charge is -2.30. The fourth-order valence-corrected chi connectivity index (χ4v) is 4.33. The van der Waals surface area contributed by atoms with Gasteiger partial charge in [-0.1, -0.05) is 0 Å². The molecule has 1 saturated carbocycles. The molecule has 2 aliphatic rings. The Bertz CT molecular complexity index is 836. The first kappa shape index (κ1) is 19.0. The quantitative estimate of drug-likeness (QED) is 0.758. The van der Waals surface area contributed by atoms with Crippen LogP contribution < -0.4 is 19.5 Å². The number of carbonyl (C=O) groups is 1. The minimum Gasteiger partial charge on any atom is -0.454 e. The molecule has 28 heavy (non-hydrogen) atoms. The van der Waals surface area contributed by atoms with Crippen molar-refractivity contribution in [3.63, 3.8) is 0 Å². The van der Waals surface area contributed by atoms with Crippen LogP contribution in [-0.4, -0.2) is 35.4 Å². The number of ether oxygens (including phenoxy) is 3. The Balaban J connectivity index is 0.00000240. The van der Waals surface area contributed by atoms with Crippen molar-refractivity contribution in [1.82, 2.24) is 10.3 Å². The SMILES string of the molecule is CC(O)C1CCC(CNC(=O)c2scnc2Oc2ccc3c(c2)OCO3)CC1.[HH]. The Morgan fingerprint density at radius 3 is 2.93 bits per heavy atom. The lowest BCUT2D eigenvalue weighted by atomic mass is 9.80. The number of aliphatic hydroxyl groups is 1. The summed E-state index contributed by atoms with van der Waals surface area (Å²) in [7, 11) is 0. The van der Waals surface area contributed by atoms with Crippen LogP contribution in [-0.2, 0) is 0 Å². The fourth-order valence-electron chi connectivity index (χ4n) is 3.70. The zero-order chi connectivity index (χ0) is 19.5. The molecule has 2 N–H and O–H groups in total. The number of nitrogens with zero attached hydrogens (tertiary/aromatic N) is 1. The van der Waals surface area contributed by atoms with E-state index in [9.17, 15) is 9.90 Å². The number of carbonyl (C=O) groups excluding carboxylic acids is 1. The molecule has 1 aliphatic heterocycles. The van der Waals surface area contributed by atoms with Crippen LogP contribution in [0, 0.1) is 11.8 Å². The van der Waals surface area contributed by atoms with Gasteiger partial charge in [-0.3, -0.25) is 4.79 Å². The maximum Gasteiger partial charge on any atom is 0.267 e. The second-order valence-electron chi connectivity index (χ2n) is 7.34. The zero-order valence-electron chi connectivity index (χ0n) is 15.7. The van der Waals surface area contributed by atoms with Crippen LogP contribution in [0.5, 0.6) is 23.1 Å². The summed E-state index contributed by atoms with van der Waals surface area (Å²) in [5.41, 5.74) is 1.60. The third kappa shape index (κ3) is 4.23. The second kappa shape index (κ2) is 8.36. The third-order valence-corrected chi connectivity index (χ3v) is 6.23. The largest absolute Gasteiger partial charge is 0.454 e. The van der Waals surface area contributed by atoms with Crippen LogP contribution in [0.1, 0.15) is 43.7 Å². The summed E-state index contributed by atoms with van der Waals surface area (Å²) < 4.78 is 16.4. The Morgan fingerprint density at radius 1 is 1.36 bits per heavy atom. The van der Waals surface area contributed by atoms with Gasteiger partial charge in [-0.05, 0) is 56.6 Å². The Kier molecular flexibility index (Phi) is 5.68. The number of fused-ring (bicyclic) bond motifs is 1. The van der Waals surface area contributed by atoms with E-state index in [1.165, 1.54) is 11.3 Å². The number of amides is 1. The summed E-state index contributed by atoms with van der Waals surface area (Å²) in [5.74, 6) is 2.79. The van der Waals surface area contributed by atoms with Gasteiger partial charge in [0.2, 0.25) is 12.7 Å². The molecule has 152 valence electrons. The Morgan fingerprint density at radius 2 is 2.14 bits per heavy atom. The lowest BCUT2D eigenvalue weighted by Crippen LogP contribution is -2.32. The molecule has 1 aromatic heterocycles. The van der Waals surface area contributed by atoms with Crippen molar-refractivity contribution < 1.29 is 25.5 Å². The van der Waals surface area contributed by atoms with Crippen LogP contribution in [0.3, 0.4) is 0 Å². The Labute approximate surface area is 169 Å². The molecule has 7 nitrogen and oxygen atoms in total.